The van der Waals surface area contributed by atoms with Crippen LogP contribution < -0.4 is 5.32 Å². The fourth-order valence-electron chi connectivity index (χ4n) is 1.65. The Morgan fingerprint density at radius 3 is 2.47 bits per heavy atom. The predicted molar refractivity (Wildman–Crippen MR) is 64.9 cm³/mol. The fourth-order valence-corrected chi connectivity index (χ4v) is 1.65. The van der Waals surface area contributed by atoms with E-state index in [1.54, 1.807) is 24.3 Å². The van der Waals surface area contributed by atoms with E-state index in [0.717, 1.165) is 5.56 Å². The highest BCUT2D eigenvalue weighted by atomic mass is 17.1. The van der Waals surface area contributed by atoms with Crippen molar-refractivity contribution < 1.29 is 29.8 Å². The van der Waals surface area contributed by atoms with Crippen molar-refractivity contribution in [1.82, 2.24) is 5.32 Å². The maximum Gasteiger partial charge on any atom is 0.209 e. The molecule has 106 valence electrons. The van der Waals surface area contributed by atoms with E-state index in [2.05, 4.69) is 15.1 Å². The Morgan fingerprint density at radius 1 is 1.32 bits per heavy atom. The Bertz CT molecular complexity index is 369. The van der Waals surface area contributed by atoms with Crippen LogP contribution in [-0.4, -0.2) is 30.3 Å². The molecular weight excluding hydrogens is 254 g/mol. The summed E-state index contributed by atoms with van der Waals surface area (Å²) in [5.41, 5.74) is 1.48. The van der Waals surface area contributed by atoms with Crippen LogP contribution in [0.2, 0.25) is 0 Å². The van der Waals surface area contributed by atoms with Gasteiger partial charge < -0.3 is 10.1 Å². The number of nitrogens with one attached hydrogen (secondary N) is 1. The molecule has 0 radical (unpaired) electrons. The lowest BCUT2D eigenvalue weighted by Gasteiger charge is -2.20. The van der Waals surface area contributed by atoms with E-state index in [4.69, 9.17) is 15.3 Å². The summed E-state index contributed by atoms with van der Waals surface area (Å²) in [6, 6.07) is 6.91. The van der Waals surface area contributed by atoms with Gasteiger partial charge in [-0.15, -0.1) is 0 Å². The summed E-state index contributed by atoms with van der Waals surface area (Å²) in [6.45, 7) is 0.0817. The van der Waals surface area contributed by atoms with Gasteiger partial charge in [-0.05, 0) is 11.1 Å². The molecule has 0 aliphatic rings. The predicted octanol–water partition coefficient (Wildman–Crippen LogP) is 1.32. The molecule has 3 N–H and O–H groups in total. The third kappa shape index (κ3) is 4.93. The topological polar surface area (TPSA) is 97.2 Å². The molecule has 0 aliphatic heterocycles. The van der Waals surface area contributed by atoms with Gasteiger partial charge in [0.2, 0.25) is 6.41 Å². The molecule has 2 atom stereocenters. The van der Waals surface area contributed by atoms with Crippen LogP contribution in [-0.2, 0) is 25.9 Å². The summed E-state index contributed by atoms with van der Waals surface area (Å²) in [5.74, 6) is 0. The van der Waals surface area contributed by atoms with E-state index in [-0.39, 0.29) is 13.0 Å². The number of carbonyl (C=O) groups excluding carboxylic acids is 1. The molecule has 0 heterocycles. The molecule has 2 unspecified atom stereocenters. The smallest absolute Gasteiger partial charge is 0.209 e. The third-order valence-corrected chi connectivity index (χ3v) is 2.68. The average molecular weight is 271 g/mol. The molecule has 1 aromatic rings. The Balaban J connectivity index is 2.70. The largest absolute Gasteiger partial charge is 0.362 e. The molecule has 0 saturated carbocycles. The van der Waals surface area contributed by atoms with E-state index in [0.29, 0.717) is 12.0 Å². The second kappa shape index (κ2) is 8.57. The zero-order valence-corrected chi connectivity index (χ0v) is 10.5. The van der Waals surface area contributed by atoms with Crippen molar-refractivity contribution in [3.63, 3.8) is 0 Å². The second-order valence-corrected chi connectivity index (χ2v) is 3.85. The maximum absolute atomic E-state index is 10.4. The van der Waals surface area contributed by atoms with Crippen LogP contribution in [0.15, 0.2) is 24.3 Å². The molecule has 0 spiro atoms. The highest BCUT2D eigenvalue weighted by Crippen LogP contribution is 2.22. The molecule has 0 saturated heterocycles. The number of benzene rings is 1. The molecular formula is C12H17NO6. The number of methoxy groups -OCH3 is 1. The van der Waals surface area contributed by atoms with E-state index < -0.39 is 12.3 Å². The minimum Gasteiger partial charge on any atom is -0.362 e. The quantitative estimate of drug-likeness (QED) is 0.271. The minimum atomic E-state index is -0.638. The zero-order valence-electron chi connectivity index (χ0n) is 10.5. The number of rotatable bonds is 9. The summed E-state index contributed by atoms with van der Waals surface area (Å²) in [5, 5.41) is 19.7. The van der Waals surface area contributed by atoms with Gasteiger partial charge in [0.05, 0.1) is 0 Å². The standard InChI is InChI=1S/C12H17NO6/c1-17-12(13-8-14)6-11(19-16)10-4-2-9(3-5-10)7-18-15/h2-5,8,11-12,15-16H,6-7H2,1H3,(H,13,14). The van der Waals surface area contributed by atoms with Gasteiger partial charge in [-0.3, -0.25) is 15.3 Å². The molecule has 7 heteroatoms. The van der Waals surface area contributed by atoms with Crippen molar-refractivity contribution in [3.8, 4) is 0 Å². The van der Waals surface area contributed by atoms with Crippen molar-refractivity contribution in [1.29, 1.82) is 0 Å². The van der Waals surface area contributed by atoms with Gasteiger partial charge in [-0.2, -0.15) is 0 Å². The van der Waals surface area contributed by atoms with E-state index in [1.165, 1.54) is 7.11 Å². The Morgan fingerprint density at radius 2 is 2.00 bits per heavy atom. The first-order chi connectivity index (χ1) is 9.24. The van der Waals surface area contributed by atoms with Crippen LogP contribution in [0, 0.1) is 0 Å². The molecule has 0 aliphatic carbocycles. The lowest BCUT2D eigenvalue weighted by Crippen LogP contribution is -2.31. The molecule has 7 nitrogen and oxygen atoms in total. The van der Waals surface area contributed by atoms with Gasteiger partial charge in [0.15, 0.2) is 0 Å². The lowest BCUT2D eigenvalue weighted by molar-refractivity contribution is -0.287. The number of hydrogen-bond donors (Lipinski definition) is 3. The summed E-state index contributed by atoms with van der Waals surface area (Å²) >= 11 is 0. The van der Waals surface area contributed by atoms with Crippen molar-refractivity contribution in [2.24, 2.45) is 0 Å². The van der Waals surface area contributed by atoms with Gasteiger partial charge in [0.1, 0.15) is 18.9 Å². The van der Waals surface area contributed by atoms with E-state index in [1.807, 2.05) is 0 Å². The molecule has 0 bridgehead atoms. The molecule has 19 heavy (non-hydrogen) atoms. The lowest BCUT2D eigenvalue weighted by atomic mass is 10.0. The summed E-state index contributed by atoms with van der Waals surface area (Å²) in [4.78, 5) is 18.8. The van der Waals surface area contributed by atoms with Crippen molar-refractivity contribution in [2.45, 2.75) is 25.4 Å². The zero-order chi connectivity index (χ0) is 14.1. The molecule has 1 amide bonds. The van der Waals surface area contributed by atoms with Crippen molar-refractivity contribution in [3.05, 3.63) is 35.4 Å². The van der Waals surface area contributed by atoms with Gasteiger partial charge >= 0.3 is 0 Å². The van der Waals surface area contributed by atoms with Gasteiger partial charge in [-0.25, -0.2) is 9.78 Å². The summed E-state index contributed by atoms with van der Waals surface area (Å²) < 4.78 is 5.02. The first kappa shape index (κ1) is 15.5. The highest BCUT2D eigenvalue weighted by Gasteiger charge is 2.18. The number of amides is 1. The molecule has 1 rings (SSSR count). The van der Waals surface area contributed by atoms with Gasteiger partial charge in [0.25, 0.3) is 0 Å². The van der Waals surface area contributed by atoms with Gasteiger partial charge in [0, 0.05) is 13.5 Å². The molecule has 1 aromatic carbocycles. The van der Waals surface area contributed by atoms with Gasteiger partial charge in [-0.1, -0.05) is 24.3 Å². The Kier molecular flexibility index (Phi) is 7.01. The van der Waals surface area contributed by atoms with Crippen LogP contribution in [0.4, 0.5) is 0 Å². The van der Waals surface area contributed by atoms with E-state index in [9.17, 15) is 4.79 Å². The van der Waals surface area contributed by atoms with Crippen LogP contribution in [0.25, 0.3) is 0 Å². The fraction of sp³-hybridized carbons (Fsp3) is 0.417. The number of hydrogen-bond acceptors (Lipinski definition) is 6. The second-order valence-electron chi connectivity index (χ2n) is 3.85. The first-order valence-electron chi connectivity index (χ1n) is 5.63. The highest BCUT2D eigenvalue weighted by molar-refractivity contribution is 5.46. The summed E-state index contributed by atoms with van der Waals surface area (Å²) in [6.07, 6.45) is -0.428. The molecule has 0 fully saturated rings. The number of ether oxygens (including phenoxy) is 1. The van der Waals surface area contributed by atoms with E-state index >= 15 is 0 Å². The van der Waals surface area contributed by atoms with Crippen molar-refractivity contribution >= 4 is 6.41 Å². The monoisotopic (exact) mass is 271 g/mol. The van der Waals surface area contributed by atoms with Crippen LogP contribution in [0.1, 0.15) is 23.7 Å². The van der Waals surface area contributed by atoms with Crippen LogP contribution in [0.3, 0.4) is 0 Å². The third-order valence-electron chi connectivity index (χ3n) is 2.68. The maximum atomic E-state index is 10.4. The Hall–Kier alpha value is -1.51. The Labute approximate surface area is 110 Å². The summed E-state index contributed by atoms with van der Waals surface area (Å²) in [7, 11) is 1.44. The minimum absolute atomic E-state index is 0.0817. The van der Waals surface area contributed by atoms with Crippen LogP contribution >= 0.6 is 0 Å². The number of carbonyl (C=O) groups is 1. The average Bonchev–Trinajstić information content (AvgIpc) is 2.45. The molecule has 0 aromatic heterocycles. The normalized spacial score (nSPS) is 13.8. The SMILES string of the molecule is COC(CC(OO)c1ccc(COO)cc1)NC=O. The van der Waals surface area contributed by atoms with Crippen molar-refractivity contribution in [2.75, 3.05) is 7.11 Å². The van der Waals surface area contributed by atoms with Crippen LogP contribution in [0.5, 0.6) is 0 Å². The first-order valence-corrected chi connectivity index (χ1v) is 5.63.